The van der Waals surface area contributed by atoms with Gasteiger partial charge in [0.15, 0.2) is 0 Å². The van der Waals surface area contributed by atoms with E-state index in [1.165, 1.54) is 72.5 Å². The van der Waals surface area contributed by atoms with Crippen LogP contribution in [0.2, 0.25) is 0 Å². The Morgan fingerprint density at radius 1 is 0.606 bits per heavy atom. The average Bonchev–Trinajstić information content (AvgIpc) is 2.82. The van der Waals surface area contributed by atoms with Crippen molar-refractivity contribution in [3.63, 3.8) is 0 Å². The molecule has 0 aromatic heterocycles. The van der Waals surface area contributed by atoms with E-state index in [4.69, 9.17) is 19.2 Å². The lowest BCUT2D eigenvalue weighted by atomic mass is 10.2. The zero-order valence-electron chi connectivity index (χ0n) is 21.4. The maximum atomic E-state index is 8.66. The van der Waals surface area contributed by atoms with Gasteiger partial charge in [-0.15, -0.1) is 0 Å². The highest BCUT2D eigenvalue weighted by Crippen LogP contribution is 2.14. The zero-order chi connectivity index (χ0) is 25.4. The van der Waals surface area contributed by atoms with Crippen molar-refractivity contribution in [2.45, 2.75) is 54.6 Å². The van der Waals surface area contributed by atoms with Crippen LogP contribution in [-0.2, 0) is 17.7 Å². The third-order valence-corrected chi connectivity index (χ3v) is 6.75. The van der Waals surface area contributed by atoms with Crippen LogP contribution in [0.4, 0.5) is 0 Å². The molecule has 2 aromatic carbocycles. The first-order chi connectivity index (χ1) is 15.5. The molecule has 7 heteroatoms. The molecule has 0 heterocycles. The summed E-state index contributed by atoms with van der Waals surface area (Å²) in [4.78, 5) is 24.3. The first kappa shape index (κ1) is 31.5. The first-order valence-corrected chi connectivity index (χ1v) is 13.5. The van der Waals surface area contributed by atoms with Crippen LogP contribution in [0.15, 0.2) is 60.7 Å². The fourth-order valence-electron chi connectivity index (χ4n) is 3.95. The Bertz CT molecular complexity index is 691. The normalized spacial score (nSPS) is 11.7. The van der Waals surface area contributed by atoms with Gasteiger partial charge in [-0.3, -0.25) is 0 Å². The Kier molecular flexibility index (Phi) is 15.4. The zero-order valence-corrected chi connectivity index (χ0v) is 22.3. The summed E-state index contributed by atoms with van der Waals surface area (Å²) >= 11 is 0. The molecule has 0 radical (unpaired) electrons. The largest absolute Gasteiger partial charge is 0.790 e. The van der Waals surface area contributed by atoms with Crippen LogP contribution >= 0.6 is 7.82 Å². The van der Waals surface area contributed by atoms with E-state index in [2.05, 4.69) is 102 Å². The highest BCUT2D eigenvalue weighted by atomic mass is 31.2. The Balaban J connectivity index is 0.000000517. The van der Waals surface area contributed by atoms with Gasteiger partial charge in [0.05, 0.1) is 47.1 Å². The molecule has 0 spiro atoms. The number of hydrogen-bond acceptors (Lipinski definition) is 3. The highest BCUT2D eigenvalue weighted by Gasteiger charge is 2.21. The van der Waals surface area contributed by atoms with Crippen LogP contribution in [0.3, 0.4) is 0 Å². The molecule has 0 saturated carbocycles. The predicted molar refractivity (Wildman–Crippen MR) is 134 cm³/mol. The van der Waals surface area contributed by atoms with E-state index in [0.717, 1.165) is 0 Å². The number of nitrogens with zero attached hydrogens (tertiary/aromatic N) is 2. The summed E-state index contributed by atoms with van der Waals surface area (Å²) in [5, 5.41) is 0. The summed E-state index contributed by atoms with van der Waals surface area (Å²) < 4.78 is 11.1. The van der Waals surface area contributed by atoms with Crippen molar-refractivity contribution < 1.29 is 28.2 Å². The van der Waals surface area contributed by atoms with Gasteiger partial charge in [0.25, 0.3) is 0 Å². The molecule has 188 valence electrons. The van der Waals surface area contributed by atoms with Crippen LogP contribution in [0, 0.1) is 0 Å². The van der Waals surface area contributed by atoms with Crippen molar-refractivity contribution in [2.75, 3.05) is 39.3 Å². The summed E-state index contributed by atoms with van der Waals surface area (Å²) in [5.41, 5.74) is 2.91. The minimum atomic E-state index is -5.14. The molecular formula is C26H45N2O4P. The average molecular weight is 481 g/mol. The lowest BCUT2D eigenvalue weighted by Crippen LogP contribution is -2.46. The molecular weight excluding hydrogens is 435 g/mol. The summed E-state index contributed by atoms with van der Waals surface area (Å²) in [5.74, 6) is 0. The quantitative estimate of drug-likeness (QED) is 0.413. The lowest BCUT2D eigenvalue weighted by molar-refractivity contribution is -0.936. The Labute approximate surface area is 201 Å². The van der Waals surface area contributed by atoms with E-state index in [9.17, 15) is 0 Å². The highest BCUT2D eigenvalue weighted by molar-refractivity contribution is 7.42. The Morgan fingerprint density at radius 3 is 1.00 bits per heavy atom. The molecule has 0 aliphatic heterocycles. The third-order valence-electron chi connectivity index (χ3n) is 6.75. The smallest absolute Gasteiger partial charge is 0.104 e. The van der Waals surface area contributed by atoms with Crippen molar-refractivity contribution in [2.24, 2.45) is 0 Å². The fourth-order valence-corrected chi connectivity index (χ4v) is 3.95. The number of rotatable bonds is 10. The molecule has 0 saturated heterocycles. The molecule has 0 aliphatic carbocycles. The molecule has 0 bridgehead atoms. The number of benzene rings is 2. The van der Waals surface area contributed by atoms with Crippen LogP contribution in [-0.4, -0.2) is 53.1 Å². The molecule has 0 amide bonds. The maximum Gasteiger partial charge on any atom is 0.104 e. The van der Waals surface area contributed by atoms with Crippen LogP contribution in [0.1, 0.15) is 52.7 Å². The van der Waals surface area contributed by atoms with Crippen molar-refractivity contribution >= 4 is 7.82 Å². The van der Waals surface area contributed by atoms with E-state index < -0.39 is 7.82 Å². The Morgan fingerprint density at radius 2 is 0.818 bits per heavy atom. The Hall–Kier alpha value is -1.53. The summed E-state index contributed by atoms with van der Waals surface area (Å²) in [6.07, 6.45) is 0. The van der Waals surface area contributed by atoms with Gasteiger partial charge in [-0.2, -0.15) is 0 Å². The molecule has 2 rings (SSSR count). The van der Waals surface area contributed by atoms with Crippen LogP contribution < -0.4 is 9.79 Å². The minimum Gasteiger partial charge on any atom is -0.790 e. The molecule has 1 N–H and O–H groups in total. The van der Waals surface area contributed by atoms with E-state index in [-0.39, 0.29) is 0 Å². The van der Waals surface area contributed by atoms with E-state index >= 15 is 0 Å². The van der Waals surface area contributed by atoms with Gasteiger partial charge in [-0.1, -0.05) is 60.7 Å². The van der Waals surface area contributed by atoms with Crippen molar-refractivity contribution in [3.8, 4) is 0 Å². The lowest BCUT2D eigenvalue weighted by Gasteiger charge is -2.35. The molecule has 0 atom stereocenters. The predicted octanol–water partition coefficient (Wildman–Crippen LogP) is 3.93. The molecule has 0 fully saturated rings. The van der Waals surface area contributed by atoms with E-state index in [0.29, 0.717) is 0 Å². The summed E-state index contributed by atoms with van der Waals surface area (Å²) in [6.45, 7) is 23.4. The first-order valence-electron chi connectivity index (χ1n) is 12.0. The minimum absolute atomic E-state index is 1.17. The number of quaternary nitrogens is 2. The molecule has 6 nitrogen and oxygen atoms in total. The van der Waals surface area contributed by atoms with Crippen LogP contribution in [0.25, 0.3) is 0 Å². The van der Waals surface area contributed by atoms with Gasteiger partial charge < -0.3 is 28.2 Å². The maximum absolute atomic E-state index is 8.66. The van der Waals surface area contributed by atoms with Gasteiger partial charge in [0, 0.05) is 11.1 Å². The second-order valence-electron chi connectivity index (χ2n) is 8.34. The third kappa shape index (κ3) is 13.7. The van der Waals surface area contributed by atoms with E-state index in [1.54, 1.807) is 0 Å². The van der Waals surface area contributed by atoms with Crippen molar-refractivity contribution in [1.82, 2.24) is 0 Å². The second-order valence-corrected chi connectivity index (χ2v) is 9.27. The van der Waals surface area contributed by atoms with Gasteiger partial charge in [0.1, 0.15) is 13.1 Å². The van der Waals surface area contributed by atoms with Crippen molar-refractivity contribution in [1.29, 1.82) is 0 Å². The topological polar surface area (TPSA) is 83.4 Å². The molecule has 33 heavy (non-hydrogen) atoms. The second kappa shape index (κ2) is 16.2. The SMILES string of the molecule is CC[N+](CC)(CC)Cc1ccccc1.CC[N+](CC)(CC)Cc1ccccc1.O=P([O-])([O-])O. The van der Waals surface area contributed by atoms with Gasteiger partial charge in [-0.05, 0) is 41.5 Å². The number of hydrogen-bond donors (Lipinski definition) is 1. The summed E-state index contributed by atoms with van der Waals surface area (Å²) in [7, 11) is -5.14. The van der Waals surface area contributed by atoms with Crippen LogP contribution in [0.5, 0.6) is 0 Å². The monoisotopic (exact) mass is 480 g/mol. The standard InChI is InChI=1S/2C13H22N.H3O4P/c2*1-4-14(5-2,6-3)12-13-10-8-7-9-11-13;1-5(2,3)4/h2*7-11H,4-6,12H2,1-3H3;(H3,1,2,3,4)/q2*+1;/p-2. The van der Waals surface area contributed by atoms with Crippen molar-refractivity contribution in [3.05, 3.63) is 71.8 Å². The molecule has 0 aliphatic rings. The van der Waals surface area contributed by atoms with Gasteiger partial charge in [0.2, 0.25) is 0 Å². The van der Waals surface area contributed by atoms with E-state index in [1.807, 2.05) is 0 Å². The molecule has 2 aromatic rings. The van der Waals surface area contributed by atoms with Gasteiger partial charge in [-0.25, -0.2) is 0 Å². The molecule has 0 unspecified atom stereocenters. The summed E-state index contributed by atoms with van der Waals surface area (Å²) in [6, 6.07) is 21.6. The fraction of sp³-hybridized carbons (Fsp3) is 0.538. The van der Waals surface area contributed by atoms with Gasteiger partial charge >= 0.3 is 0 Å². The number of phosphoric acid groups is 1.